The molecular weight excluding hydrogens is 214 g/mol. The molecular formula is C14H19NO2. The zero-order chi connectivity index (χ0) is 12.3. The Labute approximate surface area is 102 Å². The number of hydrogen-bond acceptors (Lipinski definition) is 2. The van der Waals surface area contributed by atoms with E-state index < -0.39 is 5.97 Å². The van der Waals surface area contributed by atoms with Crippen molar-refractivity contribution in [3.05, 3.63) is 35.4 Å². The second kappa shape index (κ2) is 5.32. The van der Waals surface area contributed by atoms with Gasteiger partial charge in [-0.15, -0.1) is 0 Å². The van der Waals surface area contributed by atoms with Crippen LogP contribution in [0.25, 0.3) is 0 Å². The summed E-state index contributed by atoms with van der Waals surface area (Å²) in [4.78, 5) is 13.2. The van der Waals surface area contributed by atoms with E-state index >= 15 is 0 Å². The number of carboxylic acids is 1. The number of aryl methyl sites for hydroxylation is 1. The number of likely N-dealkylation sites (tertiary alicyclic amines) is 1. The van der Waals surface area contributed by atoms with Crippen molar-refractivity contribution >= 4 is 5.97 Å². The monoisotopic (exact) mass is 233 g/mol. The van der Waals surface area contributed by atoms with Crippen molar-refractivity contribution in [3.63, 3.8) is 0 Å². The fourth-order valence-corrected chi connectivity index (χ4v) is 2.47. The molecule has 1 heterocycles. The minimum Gasteiger partial charge on any atom is -0.481 e. The van der Waals surface area contributed by atoms with Crippen LogP contribution in [0.2, 0.25) is 0 Å². The van der Waals surface area contributed by atoms with Crippen LogP contribution < -0.4 is 0 Å². The zero-order valence-electron chi connectivity index (χ0n) is 10.2. The van der Waals surface area contributed by atoms with Gasteiger partial charge >= 0.3 is 5.97 Å². The van der Waals surface area contributed by atoms with Gasteiger partial charge in [0, 0.05) is 13.1 Å². The van der Waals surface area contributed by atoms with E-state index in [9.17, 15) is 4.79 Å². The van der Waals surface area contributed by atoms with Crippen molar-refractivity contribution in [3.8, 4) is 0 Å². The molecule has 1 N–H and O–H groups in total. The summed E-state index contributed by atoms with van der Waals surface area (Å²) in [6.45, 7) is 4.65. The summed E-state index contributed by atoms with van der Waals surface area (Å²) in [5.41, 5.74) is 2.53. The molecule has 1 fully saturated rings. The summed E-state index contributed by atoms with van der Waals surface area (Å²) in [5, 5.41) is 9.04. The summed E-state index contributed by atoms with van der Waals surface area (Å²) in [7, 11) is 0. The van der Waals surface area contributed by atoms with E-state index in [-0.39, 0.29) is 5.92 Å². The summed E-state index contributed by atoms with van der Waals surface area (Å²) in [6, 6.07) is 8.42. The summed E-state index contributed by atoms with van der Waals surface area (Å²) < 4.78 is 0. The van der Waals surface area contributed by atoms with Crippen LogP contribution in [-0.2, 0) is 11.3 Å². The summed E-state index contributed by atoms with van der Waals surface area (Å²) in [6.07, 6.45) is 1.81. The number of benzene rings is 1. The molecule has 0 aliphatic carbocycles. The highest BCUT2D eigenvalue weighted by Crippen LogP contribution is 2.19. The first-order chi connectivity index (χ1) is 8.15. The first-order valence-corrected chi connectivity index (χ1v) is 6.16. The third kappa shape index (κ3) is 3.30. The lowest BCUT2D eigenvalue weighted by Gasteiger charge is -2.30. The highest BCUT2D eigenvalue weighted by Gasteiger charge is 2.25. The highest BCUT2D eigenvalue weighted by atomic mass is 16.4. The van der Waals surface area contributed by atoms with Gasteiger partial charge in [0.25, 0.3) is 0 Å². The van der Waals surface area contributed by atoms with Gasteiger partial charge in [0.15, 0.2) is 0 Å². The standard InChI is InChI=1S/C14H19NO2/c1-11-4-2-5-12(8-11)9-15-7-3-6-13(10-15)14(16)17/h2,4-5,8,13H,3,6-7,9-10H2,1H3,(H,16,17). The van der Waals surface area contributed by atoms with E-state index in [1.165, 1.54) is 11.1 Å². The fourth-order valence-electron chi connectivity index (χ4n) is 2.47. The van der Waals surface area contributed by atoms with Crippen molar-refractivity contribution < 1.29 is 9.90 Å². The number of piperidine rings is 1. The molecule has 2 rings (SSSR count). The molecule has 0 aromatic heterocycles. The van der Waals surface area contributed by atoms with Crippen LogP contribution in [0, 0.1) is 12.8 Å². The van der Waals surface area contributed by atoms with Gasteiger partial charge in [-0.2, -0.15) is 0 Å². The van der Waals surface area contributed by atoms with Crippen LogP contribution in [-0.4, -0.2) is 29.1 Å². The van der Waals surface area contributed by atoms with Gasteiger partial charge in [-0.05, 0) is 31.9 Å². The van der Waals surface area contributed by atoms with Crippen LogP contribution in [0.15, 0.2) is 24.3 Å². The van der Waals surface area contributed by atoms with Crippen molar-refractivity contribution in [1.29, 1.82) is 0 Å². The van der Waals surface area contributed by atoms with Crippen LogP contribution in [0.4, 0.5) is 0 Å². The van der Waals surface area contributed by atoms with Gasteiger partial charge in [-0.1, -0.05) is 29.8 Å². The number of carboxylic acid groups (broad SMARTS) is 1. The maximum atomic E-state index is 11.0. The topological polar surface area (TPSA) is 40.5 Å². The molecule has 0 spiro atoms. The molecule has 0 radical (unpaired) electrons. The van der Waals surface area contributed by atoms with Crippen molar-refractivity contribution in [1.82, 2.24) is 4.90 Å². The molecule has 1 unspecified atom stereocenters. The summed E-state index contributed by atoms with van der Waals surface area (Å²) in [5.74, 6) is -0.840. The third-order valence-corrected chi connectivity index (χ3v) is 3.34. The highest BCUT2D eigenvalue weighted by molar-refractivity contribution is 5.70. The molecule has 1 aromatic rings. The van der Waals surface area contributed by atoms with Gasteiger partial charge in [-0.3, -0.25) is 9.69 Å². The first-order valence-electron chi connectivity index (χ1n) is 6.16. The lowest BCUT2D eigenvalue weighted by molar-refractivity contribution is -0.143. The Bertz CT molecular complexity index is 403. The SMILES string of the molecule is Cc1cccc(CN2CCCC(C(=O)O)C2)c1. The Morgan fingerprint density at radius 2 is 2.35 bits per heavy atom. The molecule has 1 aliphatic rings. The summed E-state index contributed by atoms with van der Waals surface area (Å²) >= 11 is 0. The van der Waals surface area contributed by atoms with E-state index in [0.717, 1.165) is 25.9 Å². The predicted octanol–water partition coefficient (Wildman–Crippen LogP) is 2.29. The second-order valence-electron chi connectivity index (χ2n) is 4.90. The molecule has 0 amide bonds. The van der Waals surface area contributed by atoms with Crippen LogP contribution in [0.3, 0.4) is 0 Å². The number of nitrogens with zero attached hydrogens (tertiary/aromatic N) is 1. The van der Waals surface area contributed by atoms with E-state index in [2.05, 4.69) is 36.1 Å². The molecule has 0 bridgehead atoms. The van der Waals surface area contributed by atoms with Gasteiger partial charge in [0.1, 0.15) is 0 Å². The van der Waals surface area contributed by atoms with Crippen molar-refractivity contribution in [2.75, 3.05) is 13.1 Å². The van der Waals surface area contributed by atoms with Gasteiger partial charge in [0.2, 0.25) is 0 Å². The van der Waals surface area contributed by atoms with Crippen molar-refractivity contribution in [2.45, 2.75) is 26.3 Å². The molecule has 3 heteroatoms. The fraction of sp³-hybridized carbons (Fsp3) is 0.500. The molecule has 3 nitrogen and oxygen atoms in total. The molecule has 1 atom stereocenters. The van der Waals surface area contributed by atoms with E-state index in [1.807, 2.05) is 0 Å². The molecule has 92 valence electrons. The van der Waals surface area contributed by atoms with Crippen LogP contribution >= 0.6 is 0 Å². The maximum absolute atomic E-state index is 11.0. The Balaban J connectivity index is 1.97. The van der Waals surface area contributed by atoms with E-state index in [0.29, 0.717) is 6.54 Å². The average Bonchev–Trinajstić information content (AvgIpc) is 2.29. The van der Waals surface area contributed by atoms with Gasteiger partial charge in [0.05, 0.1) is 5.92 Å². The van der Waals surface area contributed by atoms with Gasteiger partial charge < -0.3 is 5.11 Å². The Morgan fingerprint density at radius 3 is 3.06 bits per heavy atom. The average molecular weight is 233 g/mol. The minimum absolute atomic E-state index is 0.187. The number of aliphatic carboxylic acids is 1. The number of hydrogen-bond donors (Lipinski definition) is 1. The van der Waals surface area contributed by atoms with Crippen molar-refractivity contribution in [2.24, 2.45) is 5.92 Å². The lowest BCUT2D eigenvalue weighted by atomic mass is 9.98. The lowest BCUT2D eigenvalue weighted by Crippen LogP contribution is -2.38. The smallest absolute Gasteiger partial charge is 0.307 e. The van der Waals surface area contributed by atoms with E-state index in [1.54, 1.807) is 0 Å². The third-order valence-electron chi connectivity index (χ3n) is 3.34. The Morgan fingerprint density at radius 1 is 1.53 bits per heavy atom. The largest absolute Gasteiger partial charge is 0.481 e. The Kier molecular flexibility index (Phi) is 3.79. The number of carbonyl (C=O) groups is 1. The Hall–Kier alpha value is -1.35. The van der Waals surface area contributed by atoms with Crippen LogP contribution in [0.1, 0.15) is 24.0 Å². The molecule has 1 aliphatic heterocycles. The maximum Gasteiger partial charge on any atom is 0.307 e. The normalized spacial score (nSPS) is 21.4. The van der Waals surface area contributed by atoms with Gasteiger partial charge in [-0.25, -0.2) is 0 Å². The zero-order valence-corrected chi connectivity index (χ0v) is 10.2. The molecule has 17 heavy (non-hydrogen) atoms. The second-order valence-corrected chi connectivity index (χ2v) is 4.90. The first kappa shape index (κ1) is 12.1. The number of rotatable bonds is 3. The quantitative estimate of drug-likeness (QED) is 0.870. The predicted molar refractivity (Wildman–Crippen MR) is 66.8 cm³/mol. The minimum atomic E-state index is -0.654. The van der Waals surface area contributed by atoms with E-state index in [4.69, 9.17) is 5.11 Å². The van der Waals surface area contributed by atoms with Crippen LogP contribution in [0.5, 0.6) is 0 Å². The molecule has 1 saturated heterocycles. The molecule has 0 saturated carbocycles. The molecule has 1 aromatic carbocycles.